The van der Waals surface area contributed by atoms with Gasteiger partial charge in [0.25, 0.3) is 0 Å². The van der Waals surface area contributed by atoms with Gasteiger partial charge in [-0.25, -0.2) is 0 Å². The predicted octanol–water partition coefficient (Wildman–Crippen LogP) is 3.34. The lowest BCUT2D eigenvalue weighted by atomic mass is 9.93. The summed E-state index contributed by atoms with van der Waals surface area (Å²) in [7, 11) is 1.64. The first-order valence-corrected chi connectivity index (χ1v) is 6.97. The second kappa shape index (κ2) is 6.12. The average Bonchev–Trinajstić information content (AvgIpc) is 2.55. The van der Waals surface area contributed by atoms with Crippen molar-refractivity contribution in [3.63, 3.8) is 0 Å². The molecule has 0 spiro atoms. The molecular weight excluding hydrogens is 264 g/mol. The van der Waals surface area contributed by atoms with E-state index in [1.54, 1.807) is 7.11 Å². The summed E-state index contributed by atoms with van der Waals surface area (Å²) >= 11 is 0. The second-order valence-corrected chi connectivity index (χ2v) is 5.06. The molecule has 1 aliphatic carbocycles. The number of methoxy groups -OCH3 is 1. The smallest absolute Gasteiger partial charge is 0.118 e. The fraction of sp³-hybridized carbons (Fsp3) is 0.222. The van der Waals surface area contributed by atoms with Gasteiger partial charge in [-0.2, -0.15) is 0 Å². The standard InChI is InChI=1S/C18H18O3/c1-20-15-9-6-13(7-10-15)12-21-17-11-8-14-4-2-3-5-16(14)18(17)19/h2-11,17-19H,12H2,1H3/t17-,18-/m1/s1. The molecular formula is C18H18O3. The molecule has 0 bridgehead atoms. The molecule has 0 saturated heterocycles. The zero-order valence-electron chi connectivity index (χ0n) is 11.9. The summed E-state index contributed by atoms with van der Waals surface area (Å²) in [6.07, 6.45) is 2.98. The van der Waals surface area contributed by atoms with Crippen molar-refractivity contribution >= 4 is 6.08 Å². The number of hydrogen-bond acceptors (Lipinski definition) is 3. The number of hydrogen-bond donors (Lipinski definition) is 1. The maximum absolute atomic E-state index is 10.4. The first-order valence-electron chi connectivity index (χ1n) is 6.97. The third kappa shape index (κ3) is 2.99. The van der Waals surface area contributed by atoms with Crippen molar-refractivity contribution in [2.75, 3.05) is 7.11 Å². The van der Waals surface area contributed by atoms with Crippen LogP contribution in [-0.2, 0) is 11.3 Å². The fourth-order valence-electron chi connectivity index (χ4n) is 2.47. The monoisotopic (exact) mass is 282 g/mol. The third-order valence-corrected chi connectivity index (χ3v) is 3.69. The Morgan fingerprint density at radius 1 is 1.05 bits per heavy atom. The van der Waals surface area contributed by atoms with Crippen molar-refractivity contribution in [2.45, 2.75) is 18.8 Å². The van der Waals surface area contributed by atoms with E-state index in [4.69, 9.17) is 9.47 Å². The largest absolute Gasteiger partial charge is 0.497 e. The molecule has 0 unspecified atom stereocenters. The lowest BCUT2D eigenvalue weighted by molar-refractivity contribution is -0.0206. The number of aliphatic hydroxyl groups is 1. The van der Waals surface area contributed by atoms with Gasteiger partial charge in [-0.3, -0.25) is 0 Å². The van der Waals surface area contributed by atoms with Crippen LogP contribution in [-0.4, -0.2) is 18.3 Å². The van der Waals surface area contributed by atoms with Gasteiger partial charge >= 0.3 is 0 Å². The summed E-state index contributed by atoms with van der Waals surface area (Å²) < 4.78 is 11.0. The van der Waals surface area contributed by atoms with E-state index in [-0.39, 0.29) is 6.10 Å². The highest BCUT2D eigenvalue weighted by molar-refractivity contribution is 5.58. The van der Waals surface area contributed by atoms with Gasteiger partial charge in [-0.05, 0) is 28.8 Å². The SMILES string of the molecule is COc1ccc(CO[C@@H]2C=Cc3ccccc3[C@H]2O)cc1. The number of aliphatic hydroxyl groups excluding tert-OH is 1. The minimum Gasteiger partial charge on any atom is -0.497 e. The topological polar surface area (TPSA) is 38.7 Å². The lowest BCUT2D eigenvalue weighted by Crippen LogP contribution is -2.23. The van der Waals surface area contributed by atoms with E-state index < -0.39 is 6.10 Å². The maximum atomic E-state index is 10.4. The van der Waals surface area contributed by atoms with E-state index in [2.05, 4.69) is 0 Å². The Balaban J connectivity index is 1.66. The molecule has 0 fully saturated rings. The second-order valence-electron chi connectivity index (χ2n) is 5.06. The van der Waals surface area contributed by atoms with Crippen LogP contribution in [0.25, 0.3) is 6.08 Å². The fourth-order valence-corrected chi connectivity index (χ4v) is 2.47. The third-order valence-electron chi connectivity index (χ3n) is 3.69. The van der Waals surface area contributed by atoms with Crippen molar-refractivity contribution in [3.05, 3.63) is 71.3 Å². The average molecular weight is 282 g/mol. The molecule has 1 N–H and O–H groups in total. The van der Waals surface area contributed by atoms with Crippen LogP contribution in [0.15, 0.2) is 54.6 Å². The van der Waals surface area contributed by atoms with Crippen molar-refractivity contribution in [3.8, 4) is 5.75 Å². The van der Waals surface area contributed by atoms with E-state index in [1.165, 1.54) is 0 Å². The Hall–Kier alpha value is -2.10. The highest BCUT2D eigenvalue weighted by Gasteiger charge is 2.24. The minimum absolute atomic E-state index is 0.318. The summed E-state index contributed by atoms with van der Waals surface area (Å²) in [5, 5.41) is 10.4. The van der Waals surface area contributed by atoms with Crippen LogP contribution in [0.2, 0.25) is 0 Å². The van der Waals surface area contributed by atoms with Gasteiger partial charge in [0.1, 0.15) is 18.0 Å². The molecule has 0 aromatic heterocycles. The number of rotatable bonds is 4. The summed E-state index contributed by atoms with van der Waals surface area (Å²) in [5.41, 5.74) is 3.02. The highest BCUT2D eigenvalue weighted by atomic mass is 16.5. The molecule has 3 heteroatoms. The molecule has 2 atom stereocenters. The van der Waals surface area contributed by atoms with Crippen LogP contribution >= 0.6 is 0 Å². The predicted molar refractivity (Wildman–Crippen MR) is 82.0 cm³/mol. The zero-order valence-corrected chi connectivity index (χ0v) is 11.9. The van der Waals surface area contributed by atoms with Gasteiger partial charge in [0, 0.05) is 0 Å². The van der Waals surface area contributed by atoms with E-state index in [1.807, 2.05) is 60.7 Å². The summed E-state index contributed by atoms with van der Waals surface area (Å²) in [6.45, 7) is 0.457. The maximum Gasteiger partial charge on any atom is 0.118 e. The Bertz CT molecular complexity index is 631. The Labute approximate surface area is 124 Å². The highest BCUT2D eigenvalue weighted by Crippen LogP contribution is 2.30. The molecule has 1 aliphatic rings. The van der Waals surface area contributed by atoms with E-state index in [0.29, 0.717) is 6.61 Å². The van der Waals surface area contributed by atoms with Crippen LogP contribution < -0.4 is 4.74 Å². The van der Waals surface area contributed by atoms with E-state index >= 15 is 0 Å². The minimum atomic E-state index is -0.621. The van der Waals surface area contributed by atoms with Gasteiger partial charge in [-0.1, -0.05) is 48.6 Å². The molecule has 21 heavy (non-hydrogen) atoms. The molecule has 3 rings (SSSR count). The van der Waals surface area contributed by atoms with Crippen molar-refractivity contribution in [2.24, 2.45) is 0 Å². The molecule has 0 amide bonds. The van der Waals surface area contributed by atoms with Crippen LogP contribution in [0, 0.1) is 0 Å². The molecule has 3 nitrogen and oxygen atoms in total. The van der Waals surface area contributed by atoms with E-state index in [9.17, 15) is 5.11 Å². The lowest BCUT2D eigenvalue weighted by Gasteiger charge is -2.25. The summed E-state index contributed by atoms with van der Waals surface area (Å²) in [4.78, 5) is 0. The van der Waals surface area contributed by atoms with Gasteiger partial charge in [0.15, 0.2) is 0 Å². The molecule has 0 saturated carbocycles. The summed E-state index contributed by atoms with van der Waals surface area (Å²) in [6, 6.07) is 15.6. The summed E-state index contributed by atoms with van der Waals surface area (Å²) in [5.74, 6) is 0.824. The van der Waals surface area contributed by atoms with Crippen molar-refractivity contribution < 1.29 is 14.6 Å². The Morgan fingerprint density at radius 3 is 2.57 bits per heavy atom. The zero-order chi connectivity index (χ0) is 14.7. The van der Waals surface area contributed by atoms with E-state index in [0.717, 1.165) is 22.4 Å². The van der Waals surface area contributed by atoms with Gasteiger partial charge in [0.2, 0.25) is 0 Å². The van der Waals surface area contributed by atoms with Crippen molar-refractivity contribution in [1.82, 2.24) is 0 Å². The molecule has 0 heterocycles. The number of benzene rings is 2. The first kappa shape index (κ1) is 13.9. The van der Waals surface area contributed by atoms with Gasteiger partial charge in [-0.15, -0.1) is 0 Å². The van der Waals surface area contributed by atoms with Crippen LogP contribution in [0.4, 0.5) is 0 Å². The molecule has 108 valence electrons. The molecule has 2 aromatic rings. The Morgan fingerprint density at radius 2 is 1.81 bits per heavy atom. The molecule has 0 radical (unpaired) electrons. The molecule has 0 aliphatic heterocycles. The van der Waals surface area contributed by atoms with Crippen molar-refractivity contribution in [1.29, 1.82) is 0 Å². The molecule has 2 aromatic carbocycles. The Kier molecular flexibility index (Phi) is 4.04. The number of ether oxygens (including phenoxy) is 2. The normalized spacial score (nSPS) is 20.1. The van der Waals surface area contributed by atoms with Gasteiger partial charge in [0.05, 0.1) is 13.7 Å². The van der Waals surface area contributed by atoms with Crippen LogP contribution in [0.3, 0.4) is 0 Å². The van der Waals surface area contributed by atoms with Gasteiger partial charge < -0.3 is 14.6 Å². The van der Waals surface area contributed by atoms with Crippen LogP contribution in [0.5, 0.6) is 5.75 Å². The first-order chi connectivity index (χ1) is 10.3. The van der Waals surface area contributed by atoms with Crippen LogP contribution in [0.1, 0.15) is 22.8 Å². The number of fused-ring (bicyclic) bond motifs is 1. The quantitative estimate of drug-likeness (QED) is 0.934.